The maximum Gasteiger partial charge on any atom is 0.500 e. The molecule has 0 rings (SSSR count). The van der Waals surface area contributed by atoms with Crippen LogP contribution in [-0.2, 0) is 22.1 Å². The van der Waals surface area contributed by atoms with Crippen LogP contribution in [0.5, 0.6) is 0 Å². The maximum absolute atomic E-state index is 9.36. The minimum atomic E-state index is -2.41. The fourth-order valence-corrected chi connectivity index (χ4v) is 8.03. The molecular weight excluding hydrogens is 360 g/mol. The van der Waals surface area contributed by atoms with Gasteiger partial charge in [-0.3, -0.25) is 0 Å². The van der Waals surface area contributed by atoms with Crippen molar-refractivity contribution in [2.75, 3.05) is 53.3 Å². The summed E-state index contributed by atoms with van der Waals surface area (Å²) in [6.07, 6.45) is 2.00. The lowest BCUT2D eigenvalue weighted by Gasteiger charge is -2.24. The topological polar surface area (TPSA) is 66.4 Å². The SMILES string of the molecule is CO[Si](CO)(CCCSSCCC[Si](OC)(OC)OC)OC. The zero-order chi connectivity index (χ0) is 16.9. The van der Waals surface area contributed by atoms with Gasteiger partial charge in [-0.2, -0.15) is 0 Å². The van der Waals surface area contributed by atoms with Crippen LogP contribution < -0.4 is 0 Å². The van der Waals surface area contributed by atoms with Crippen LogP contribution in [0.3, 0.4) is 0 Å². The first-order valence-electron chi connectivity index (χ1n) is 7.18. The molecule has 0 atom stereocenters. The van der Waals surface area contributed by atoms with Gasteiger partial charge in [0.05, 0.1) is 6.23 Å². The third-order valence-electron chi connectivity index (χ3n) is 3.50. The first-order chi connectivity index (χ1) is 10.6. The highest BCUT2D eigenvalue weighted by atomic mass is 33.1. The molecule has 0 aromatic rings. The van der Waals surface area contributed by atoms with Crippen LogP contribution in [0.25, 0.3) is 0 Å². The van der Waals surface area contributed by atoms with Crippen LogP contribution in [0.4, 0.5) is 0 Å². The second-order valence-corrected chi connectivity index (χ2v) is 13.9. The van der Waals surface area contributed by atoms with Gasteiger partial charge in [0.2, 0.25) is 0 Å². The van der Waals surface area contributed by atoms with E-state index in [0.717, 1.165) is 36.4 Å². The van der Waals surface area contributed by atoms with Crippen LogP contribution in [-0.4, -0.2) is 75.8 Å². The molecular formula is C12H30O6S2Si2. The van der Waals surface area contributed by atoms with E-state index in [0.29, 0.717) is 0 Å². The monoisotopic (exact) mass is 390 g/mol. The first kappa shape index (κ1) is 22.9. The largest absolute Gasteiger partial charge is 0.500 e. The molecule has 134 valence electrons. The molecule has 22 heavy (non-hydrogen) atoms. The maximum atomic E-state index is 9.36. The van der Waals surface area contributed by atoms with Crippen molar-refractivity contribution in [1.29, 1.82) is 0 Å². The fraction of sp³-hybridized carbons (Fsp3) is 1.00. The highest BCUT2D eigenvalue weighted by molar-refractivity contribution is 8.76. The molecule has 0 aromatic carbocycles. The van der Waals surface area contributed by atoms with Gasteiger partial charge in [0.15, 0.2) is 0 Å². The Bertz CT molecular complexity index is 225. The van der Waals surface area contributed by atoms with Crippen molar-refractivity contribution >= 4 is 39.0 Å². The molecule has 0 aliphatic carbocycles. The highest BCUT2D eigenvalue weighted by Crippen LogP contribution is 2.27. The van der Waals surface area contributed by atoms with Crippen LogP contribution in [0.15, 0.2) is 0 Å². The molecule has 0 fully saturated rings. The Hall–Kier alpha value is 0.894. The van der Waals surface area contributed by atoms with Crippen molar-refractivity contribution in [2.24, 2.45) is 0 Å². The quantitative estimate of drug-likeness (QED) is 0.259. The molecule has 6 nitrogen and oxygen atoms in total. The van der Waals surface area contributed by atoms with Gasteiger partial charge in [-0.1, -0.05) is 21.6 Å². The summed E-state index contributed by atoms with van der Waals surface area (Å²) in [5.74, 6) is 2.06. The number of aliphatic hydroxyl groups excluding tert-OH is 1. The van der Waals surface area contributed by atoms with Gasteiger partial charge >= 0.3 is 17.4 Å². The highest BCUT2D eigenvalue weighted by Gasteiger charge is 2.37. The molecule has 0 unspecified atom stereocenters. The zero-order valence-corrected chi connectivity index (χ0v) is 17.9. The summed E-state index contributed by atoms with van der Waals surface area (Å²) >= 11 is 0. The summed E-state index contributed by atoms with van der Waals surface area (Å²) in [5.41, 5.74) is 0. The normalized spacial score (nSPS) is 12.8. The van der Waals surface area contributed by atoms with Gasteiger partial charge in [-0.25, -0.2) is 0 Å². The van der Waals surface area contributed by atoms with Crippen molar-refractivity contribution < 1.29 is 27.2 Å². The van der Waals surface area contributed by atoms with Crippen LogP contribution >= 0.6 is 21.6 Å². The second-order valence-electron chi connectivity index (χ2n) is 4.62. The fourth-order valence-electron chi connectivity index (χ4n) is 1.92. The van der Waals surface area contributed by atoms with Crippen molar-refractivity contribution in [1.82, 2.24) is 0 Å². The lowest BCUT2D eigenvalue weighted by atomic mass is 10.6. The molecule has 0 heterocycles. The van der Waals surface area contributed by atoms with E-state index in [1.54, 1.807) is 35.5 Å². The van der Waals surface area contributed by atoms with Gasteiger partial charge in [0.1, 0.15) is 0 Å². The summed E-state index contributed by atoms with van der Waals surface area (Å²) in [5, 5.41) is 9.36. The van der Waals surface area contributed by atoms with E-state index < -0.39 is 17.4 Å². The molecule has 10 heteroatoms. The molecule has 0 spiro atoms. The van der Waals surface area contributed by atoms with E-state index in [1.165, 1.54) is 0 Å². The predicted molar refractivity (Wildman–Crippen MR) is 97.4 cm³/mol. The second kappa shape index (κ2) is 13.2. The number of hydrogen-bond donors (Lipinski definition) is 1. The van der Waals surface area contributed by atoms with Crippen LogP contribution in [0.2, 0.25) is 12.1 Å². The molecule has 0 aliphatic rings. The van der Waals surface area contributed by atoms with Crippen molar-refractivity contribution in [3.63, 3.8) is 0 Å². The molecule has 0 saturated carbocycles. The number of hydrogen-bond acceptors (Lipinski definition) is 8. The van der Waals surface area contributed by atoms with E-state index in [1.807, 2.05) is 21.6 Å². The Kier molecular flexibility index (Phi) is 13.8. The molecule has 0 bridgehead atoms. The number of rotatable bonds is 15. The van der Waals surface area contributed by atoms with Gasteiger partial charge in [0.25, 0.3) is 0 Å². The van der Waals surface area contributed by atoms with E-state index >= 15 is 0 Å². The van der Waals surface area contributed by atoms with Crippen LogP contribution in [0, 0.1) is 0 Å². The van der Waals surface area contributed by atoms with E-state index in [2.05, 4.69) is 0 Å². The molecule has 1 N–H and O–H groups in total. The number of aliphatic hydroxyl groups is 1. The summed E-state index contributed by atoms with van der Waals surface area (Å²) < 4.78 is 26.9. The lowest BCUT2D eigenvalue weighted by molar-refractivity contribution is 0.123. The lowest BCUT2D eigenvalue weighted by Crippen LogP contribution is -2.44. The van der Waals surface area contributed by atoms with Crippen molar-refractivity contribution in [2.45, 2.75) is 24.9 Å². The zero-order valence-electron chi connectivity index (χ0n) is 14.3. The third kappa shape index (κ3) is 8.13. The molecule has 0 aromatic heterocycles. The molecule has 0 aliphatic heterocycles. The Morgan fingerprint density at radius 2 is 1.18 bits per heavy atom. The average Bonchev–Trinajstić information content (AvgIpc) is 2.58. The van der Waals surface area contributed by atoms with Gasteiger partial charge < -0.3 is 27.2 Å². The van der Waals surface area contributed by atoms with Gasteiger partial charge in [-0.15, -0.1) is 0 Å². The Balaban J connectivity index is 3.70. The van der Waals surface area contributed by atoms with E-state index in [-0.39, 0.29) is 6.23 Å². The Labute approximate surface area is 144 Å². The van der Waals surface area contributed by atoms with Crippen molar-refractivity contribution in [3.05, 3.63) is 0 Å². The minimum absolute atomic E-state index is 0.00950. The minimum Gasteiger partial charge on any atom is -0.396 e. The van der Waals surface area contributed by atoms with Crippen LogP contribution in [0.1, 0.15) is 12.8 Å². The smallest absolute Gasteiger partial charge is 0.396 e. The van der Waals surface area contributed by atoms with Crippen molar-refractivity contribution in [3.8, 4) is 0 Å². The summed E-state index contributed by atoms with van der Waals surface area (Å²) in [6, 6.07) is 1.65. The summed E-state index contributed by atoms with van der Waals surface area (Å²) in [4.78, 5) is 0. The predicted octanol–water partition coefficient (Wildman–Crippen LogP) is 2.29. The average molecular weight is 391 g/mol. The van der Waals surface area contributed by atoms with Gasteiger partial charge in [-0.05, 0) is 18.9 Å². The molecule has 0 amide bonds. The van der Waals surface area contributed by atoms with E-state index in [9.17, 15) is 5.11 Å². The first-order valence-corrected chi connectivity index (χ1v) is 13.8. The van der Waals surface area contributed by atoms with E-state index in [4.69, 9.17) is 22.1 Å². The standard InChI is InChI=1S/C12H30O6S2Si2/c1-14-21(12-13,15-2)10-6-8-19-20-9-7-11-22(16-3,17-4)18-5/h13H,6-12H2,1-5H3. The molecule has 0 saturated heterocycles. The molecule has 0 radical (unpaired) electrons. The third-order valence-corrected chi connectivity index (χ3v) is 12.0. The Morgan fingerprint density at radius 1 is 0.727 bits per heavy atom. The summed E-state index contributed by atoms with van der Waals surface area (Å²) in [7, 11) is 7.09. The summed E-state index contributed by atoms with van der Waals surface area (Å²) in [6.45, 7) is 0. The Morgan fingerprint density at radius 3 is 1.55 bits per heavy atom. The van der Waals surface area contributed by atoms with Gasteiger partial charge in [0, 0.05) is 53.1 Å².